The molecule has 0 aromatic carbocycles. The minimum absolute atomic E-state index is 0.577. The van der Waals surface area contributed by atoms with Crippen LogP contribution in [0, 0.1) is 5.92 Å². The van der Waals surface area contributed by atoms with Gasteiger partial charge in [0.05, 0.1) is 6.33 Å². The van der Waals surface area contributed by atoms with Crippen molar-refractivity contribution in [2.45, 2.75) is 45.6 Å². The Kier molecular flexibility index (Phi) is 3.64. The van der Waals surface area contributed by atoms with Crippen LogP contribution in [0.2, 0.25) is 0 Å². The predicted molar refractivity (Wildman–Crippen MR) is 66.6 cm³/mol. The van der Waals surface area contributed by atoms with Crippen molar-refractivity contribution in [3.8, 4) is 0 Å². The molecule has 0 bridgehead atoms. The van der Waals surface area contributed by atoms with Gasteiger partial charge in [-0.1, -0.05) is 20.3 Å². The first kappa shape index (κ1) is 11.6. The lowest BCUT2D eigenvalue weighted by atomic mass is 9.97. The van der Waals surface area contributed by atoms with Crippen molar-refractivity contribution in [3.63, 3.8) is 0 Å². The van der Waals surface area contributed by atoms with Crippen molar-refractivity contribution in [1.29, 1.82) is 0 Å². The zero-order valence-electron chi connectivity index (χ0n) is 10.6. The Morgan fingerprint density at radius 2 is 2.25 bits per heavy atom. The highest BCUT2D eigenvalue weighted by atomic mass is 15.1. The zero-order chi connectivity index (χ0) is 11.5. The second-order valence-corrected chi connectivity index (χ2v) is 5.18. The SMILES string of the molecule is CCC(C)CC(C)n1cncc1C1CNC1. The molecule has 3 nitrogen and oxygen atoms in total. The summed E-state index contributed by atoms with van der Waals surface area (Å²) in [6.07, 6.45) is 6.55. The third-order valence-corrected chi connectivity index (χ3v) is 3.81. The predicted octanol–water partition coefficient (Wildman–Crippen LogP) is 2.57. The van der Waals surface area contributed by atoms with Gasteiger partial charge in [0, 0.05) is 36.9 Å². The van der Waals surface area contributed by atoms with Gasteiger partial charge >= 0.3 is 0 Å². The molecule has 0 aliphatic carbocycles. The fourth-order valence-electron chi connectivity index (χ4n) is 2.36. The van der Waals surface area contributed by atoms with E-state index < -0.39 is 0 Å². The molecule has 1 aliphatic heterocycles. The maximum absolute atomic E-state index is 4.31. The molecule has 3 heteroatoms. The van der Waals surface area contributed by atoms with E-state index >= 15 is 0 Å². The Bertz CT molecular complexity index is 328. The molecule has 1 aliphatic rings. The zero-order valence-corrected chi connectivity index (χ0v) is 10.6. The first-order chi connectivity index (χ1) is 7.72. The number of nitrogens with zero attached hydrogens (tertiary/aromatic N) is 2. The molecule has 1 fully saturated rings. The standard InChI is InChI=1S/C13H23N3/c1-4-10(2)5-11(3)16-9-15-8-13(16)12-6-14-7-12/h8-12,14H,4-7H2,1-3H3. The van der Waals surface area contributed by atoms with Crippen LogP contribution in [0.4, 0.5) is 0 Å². The van der Waals surface area contributed by atoms with E-state index in [2.05, 4.69) is 35.6 Å². The summed E-state index contributed by atoms with van der Waals surface area (Å²) >= 11 is 0. The molecule has 1 aromatic heterocycles. The summed E-state index contributed by atoms with van der Waals surface area (Å²) in [5, 5.41) is 3.33. The van der Waals surface area contributed by atoms with Crippen LogP contribution >= 0.6 is 0 Å². The molecule has 0 radical (unpaired) electrons. The van der Waals surface area contributed by atoms with Crippen LogP contribution < -0.4 is 5.32 Å². The molecule has 2 atom stereocenters. The lowest BCUT2D eigenvalue weighted by Crippen LogP contribution is -2.41. The van der Waals surface area contributed by atoms with E-state index in [1.807, 2.05) is 12.5 Å². The highest BCUT2D eigenvalue weighted by Gasteiger charge is 2.24. The van der Waals surface area contributed by atoms with Crippen molar-refractivity contribution in [2.24, 2.45) is 5.92 Å². The Hall–Kier alpha value is -0.830. The molecule has 90 valence electrons. The summed E-state index contributed by atoms with van der Waals surface area (Å²) < 4.78 is 2.37. The van der Waals surface area contributed by atoms with Gasteiger partial charge in [-0.2, -0.15) is 0 Å². The summed E-state index contributed by atoms with van der Waals surface area (Å²) in [7, 11) is 0. The number of aromatic nitrogens is 2. The number of nitrogens with one attached hydrogen (secondary N) is 1. The Balaban J connectivity index is 2.04. The summed E-state index contributed by atoms with van der Waals surface area (Å²) in [5.74, 6) is 1.48. The van der Waals surface area contributed by atoms with Gasteiger partial charge in [-0.05, 0) is 19.3 Å². The second kappa shape index (κ2) is 5.00. The van der Waals surface area contributed by atoms with Crippen LogP contribution in [0.5, 0.6) is 0 Å². The third kappa shape index (κ3) is 2.29. The molecule has 1 saturated heterocycles. The van der Waals surface area contributed by atoms with Crippen LogP contribution in [-0.2, 0) is 0 Å². The average molecular weight is 221 g/mol. The van der Waals surface area contributed by atoms with Gasteiger partial charge in [-0.15, -0.1) is 0 Å². The van der Waals surface area contributed by atoms with Crippen LogP contribution in [0.1, 0.15) is 51.3 Å². The lowest BCUT2D eigenvalue weighted by Gasteiger charge is -2.30. The quantitative estimate of drug-likeness (QED) is 0.828. The number of imidazole rings is 1. The number of hydrogen-bond donors (Lipinski definition) is 1. The summed E-state index contributed by atoms with van der Waals surface area (Å²) in [4.78, 5) is 4.31. The Morgan fingerprint density at radius 1 is 1.50 bits per heavy atom. The largest absolute Gasteiger partial charge is 0.331 e. The highest BCUT2D eigenvalue weighted by Crippen LogP contribution is 2.26. The number of hydrogen-bond acceptors (Lipinski definition) is 2. The molecular formula is C13H23N3. The third-order valence-electron chi connectivity index (χ3n) is 3.81. The Morgan fingerprint density at radius 3 is 2.81 bits per heavy atom. The summed E-state index contributed by atoms with van der Waals surface area (Å²) in [6, 6.07) is 0.577. The molecular weight excluding hydrogens is 198 g/mol. The van der Waals surface area contributed by atoms with Crippen LogP contribution in [0.25, 0.3) is 0 Å². The fraction of sp³-hybridized carbons (Fsp3) is 0.769. The molecule has 2 heterocycles. The van der Waals surface area contributed by atoms with E-state index in [0.29, 0.717) is 12.0 Å². The van der Waals surface area contributed by atoms with Crippen molar-refractivity contribution >= 4 is 0 Å². The van der Waals surface area contributed by atoms with E-state index in [9.17, 15) is 0 Å². The molecule has 0 amide bonds. The molecule has 2 unspecified atom stereocenters. The van der Waals surface area contributed by atoms with Crippen LogP contribution in [0.3, 0.4) is 0 Å². The van der Waals surface area contributed by atoms with Gasteiger partial charge < -0.3 is 9.88 Å². The molecule has 0 saturated carbocycles. The molecule has 16 heavy (non-hydrogen) atoms. The minimum atomic E-state index is 0.577. The van der Waals surface area contributed by atoms with Crippen molar-refractivity contribution in [1.82, 2.24) is 14.9 Å². The van der Waals surface area contributed by atoms with Crippen LogP contribution in [0.15, 0.2) is 12.5 Å². The topological polar surface area (TPSA) is 29.9 Å². The average Bonchev–Trinajstić information content (AvgIpc) is 2.63. The van der Waals surface area contributed by atoms with E-state index in [-0.39, 0.29) is 0 Å². The Labute approximate surface area is 98.3 Å². The van der Waals surface area contributed by atoms with Gasteiger partial charge in [0.25, 0.3) is 0 Å². The van der Waals surface area contributed by atoms with Gasteiger partial charge in [0.2, 0.25) is 0 Å². The second-order valence-electron chi connectivity index (χ2n) is 5.18. The van der Waals surface area contributed by atoms with Crippen molar-refractivity contribution in [3.05, 3.63) is 18.2 Å². The smallest absolute Gasteiger partial charge is 0.0950 e. The minimum Gasteiger partial charge on any atom is -0.331 e. The van der Waals surface area contributed by atoms with Crippen LogP contribution in [-0.4, -0.2) is 22.6 Å². The van der Waals surface area contributed by atoms with Crippen molar-refractivity contribution in [2.75, 3.05) is 13.1 Å². The highest BCUT2D eigenvalue weighted by molar-refractivity contribution is 5.12. The first-order valence-electron chi connectivity index (χ1n) is 6.44. The normalized spacial score (nSPS) is 20.4. The van der Waals surface area contributed by atoms with Gasteiger partial charge in [0.1, 0.15) is 0 Å². The molecule has 2 rings (SSSR count). The van der Waals surface area contributed by atoms with E-state index in [1.54, 1.807) is 0 Å². The maximum Gasteiger partial charge on any atom is 0.0950 e. The monoisotopic (exact) mass is 221 g/mol. The fourth-order valence-corrected chi connectivity index (χ4v) is 2.36. The maximum atomic E-state index is 4.31. The lowest BCUT2D eigenvalue weighted by molar-refractivity contribution is 0.364. The summed E-state index contributed by atoms with van der Waals surface area (Å²) in [5.41, 5.74) is 1.41. The van der Waals surface area contributed by atoms with E-state index in [1.165, 1.54) is 18.5 Å². The van der Waals surface area contributed by atoms with E-state index in [0.717, 1.165) is 19.0 Å². The van der Waals surface area contributed by atoms with Gasteiger partial charge in [0.15, 0.2) is 0 Å². The first-order valence-corrected chi connectivity index (χ1v) is 6.44. The molecule has 1 aromatic rings. The number of rotatable bonds is 5. The molecule has 0 spiro atoms. The van der Waals surface area contributed by atoms with E-state index in [4.69, 9.17) is 0 Å². The van der Waals surface area contributed by atoms with Gasteiger partial charge in [-0.3, -0.25) is 0 Å². The van der Waals surface area contributed by atoms with Crippen molar-refractivity contribution < 1.29 is 0 Å². The summed E-state index contributed by atoms with van der Waals surface area (Å²) in [6.45, 7) is 9.13. The van der Waals surface area contributed by atoms with Gasteiger partial charge in [-0.25, -0.2) is 4.98 Å². The molecule has 1 N–H and O–H groups in total.